The molecular weight excluding hydrogens is 242 g/mol. The minimum atomic E-state index is -0.792. The molecule has 0 aromatic rings. The Hall–Kier alpha value is -1.16. The average molecular weight is 269 g/mol. The highest BCUT2D eigenvalue weighted by Gasteiger charge is 2.34. The second-order valence-corrected chi connectivity index (χ2v) is 5.33. The highest BCUT2D eigenvalue weighted by Crippen LogP contribution is 2.33. The Morgan fingerprint density at radius 1 is 1.47 bits per heavy atom. The maximum absolute atomic E-state index is 11.5. The van der Waals surface area contributed by atoms with Gasteiger partial charge in [-0.15, -0.1) is 0 Å². The number of hydrogen-bond acceptors (Lipinski definition) is 3. The van der Waals surface area contributed by atoms with Gasteiger partial charge in [-0.25, -0.2) is 0 Å². The van der Waals surface area contributed by atoms with Gasteiger partial charge in [0.1, 0.15) is 5.78 Å². The van der Waals surface area contributed by atoms with Crippen LogP contribution in [0.15, 0.2) is 12.2 Å². The fraction of sp³-hybridized carbons (Fsp3) is 0.733. The third-order valence-electron chi connectivity index (χ3n) is 2.97. The van der Waals surface area contributed by atoms with Crippen LogP contribution in [0.2, 0.25) is 0 Å². The molecule has 1 rings (SSSR count). The lowest BCUT2D eigenvalue weighted by Gasteiger charge is -2.14. The quantitative estimate of drug-likeness (QED) is 0.752. The summed E-state index contributed by atoms with van der Waals surface area (Å²) in [5.74, 6) is -0.554. The Morgan fingerprint density at radius 3 is 2.53 bits per heavy atom. The van der Waals surface area contributed by atoms with Gasteiger partial charge in [0.25, 0.3) is 0 Å². The van der Waals surface area contributed by atoms with E-state index in [0.717, 1.165) is 12.8 Å². The largest absolute Gasteiger partial charge is 0.481 e. The van der Waals surface area contributed by atoms with Crippen LogP contribution in [-0.4, -0.2) is 22.9 Å². The molecule has 0 amide bonds. The van der Waals surface area contributed by atoms with Gasteiger partial charge in [0, 0.05) is 18.8 Å². The molecule has 1 aliphatic carbocycles. The molecule has 2 atom stereocenters. The molecule has 1 aliphatic rings. The van der Waals surface area contributed by atoms with Crippen molar-refractivity contribution in [3.63, 3.8) is 0 Å². The maximum atomic E-state index is 11.5. The molecule has 0 bridgehead atoms. The summed E-state index contributed by atoms with van der Waals surface area (Å²) in [7, 11) is 0. The van der Waals surface area contributed by atoms with Crippen LogP contribution in [0.4, 0.5) is 0 Å². The van der Waals surface area contributed by atoms with Gasteiger partial charge >= 0.3 is 5.97 Å². The number of hydrogen-bond donors (Lipinski definition) is 2. The number of carboxylic acid groups (broad SMARTS) is 1. The Bertz CT molecular complexity index is 308. The van der Waals surface area contributed by atoms with Crippen LogP contribution in [0.25, 0.3) is 0 Å². The molecule has 3 N–H and O–H groups in total. The molecule has 4 heteroatoms. The van der Waals surface area contributed by atoms with Gasteiger partial charge in [0.2, 0.25) is 0 Å². The predicted octanol–water partition coefficient (Wildman–Crippen LogP) is 2.77. The first-order valence-electron chi connectivity index (χ1n) is 7.03. The van der Waals surface area contributed by atoms with Gasteiger partial charge in [0.05, 0.1) is 0 Å². The van der Waals surface area contributed by atoms with Crippen molar-refractivity contribution in [3.8, 4) is 0 Å². The van der Waals surface area contributed by atoms with E-state index in [-0.39, 0.29) is 24.0 Å². The molecule has 0 radical (unpaired) electrons. The first-order chi connectivity index (χ1) is 8.88. The summed E-state index contributed by atoms with van der Waals surface area (Å²) in [6.07, 6.45) is 7.15. The lowest BCUT2D eigenvalue weighted by Crippen LogP contribution is -2.17. The van der Waals surface area contributed by atoms with Crippen molar-refractivity contribution in [2.75, 3.05) is 0 Å². The number of Topliss-reactive ketones (excluding diaryl/α,β-unsaturated/α-hetero) is 1. The van der Waals surface area contributed by atoms with E-state index < -0.39 is 5.97 Å². The van der Waals surface area contributed by atoms with E-state index in [1.165, 1.54) is 0 Å². The number of ketones is 1. The monoisotopic (exact) mass is 269 g/mol. The zero-order valence-electron chi connectivity index (χ0n) is 12.3. The molecule has 0 spiro atoms. The molecule has 1 saturated carbocycles. The standard InChI is InChI=1S/C12H18O3.C3H9N/c1-2-3-4-5-10-9(8-12(14)15)6-7-11(10)13;1-3(2)4/h3-4,9-10H,2,5-8H2,1H3,(H,14,15);3H,4H2,1-2H3/b4-3-;/t9-,10-;/m0./s1. The van der Waals surface area contributed by atoms with Crippen molar-refractivity contribution >= 4 is 11.8 Å². The third-order valence-corrected chi connectivity index (χ3v) is 2.97. The fourth-order valence-corrected chi connectivity index (χ4v) is 2.18. The lowest BCUT2D eigenvalue weighted by molar-refractivity contribution is -0.138. The van der Waals surface area contributed by atoms with E-state index in [0.29, 0.717) is 18.9 Å². The molecule has 1 fully saturated rings. The van der Waals surface area contributed by atoms with Gasteiger partial charge in [-0.2, -0.15) is 0 Å². The average Bonchev–Trinajstić information content (AvgIpc) is 2.60. The van der Waals surface area contributed by atoms with Crippen molar-refractivity contribution < 1.29 is 14.7 Å². The number of carboxylic acids is 1. The van der Waals surface area contributed by atoms with E-state index >= 15 is 0 Å². The molecule has 0 unspecified atom stereocenters. The number of allylic oxidation sites excluding steroid dienone is 2. The van der Waals surface area contributed by atoms with Crippen LogP contribution < -0.4 is 5.73 Å². The van der Waals surface area contributed by atoms with Gasteiger partial charge in [-0.3, -0.25) is 9.59 Å². The Balaban J connectivity index is 0.000000711. The minimum absolute atomic E-state index is 0.0519. The van der Waals surface area contributed by atoms with Crippen molar-refractivity contribution in [2.45, 2.75) is 58.9 Å². The summed E-state index contributed by atoms with van der Waals surface area (Å²) in [5.41, 5.74) is 5.11. The molecule has 0 aromatic heterocycles. The van der Waals surface area contributed by atoms with Crippen LogP contribution in [0.5, 0.6) is 0 Å². The molecular formula is C15H27NO3. The van der Waals surface area contributed by atoms with E-state index in [2.05, 4.69) is 0 Å². The maximum Gasteiger partial charge on any atom is 0.303 e. The molecule has 0 aliphatic heterocycles. The SMILES string of the molecule is CC(C)N.CC/C=C\C[C@@H]1C(=O)CC[C@H]1CC(=O)O. The second-order valence-electron chi connectivity index (χ2n) is 5.33. The van der Waals surface area contributed by atoms with Crippen LogP contribution in [0.3, 0.4) is 0 Å². The van der Waals surface area contributed by atoms with Crippen LogP contribution >= 0.6 is 0 Å². The Labute approximate surface area is 116 Å². The molecule has 0 aromatic carbocycles. The summed E-state index contributed by atoms with van der Waals surface area (Å²) >= 11 is 0. The second kappa shape index (κ2) is 9.73. The smallest absolute Gasteiger partial charge is 0.303 e. The van der Waals surface area contributed by atoms with Crippen LogP contribution in [-0.2, 0) is 9.59 Å². The molecule has 19 heavy (non-hydrogen) atoms. The van der Waals surface area contributed by atoms with Crippen molar-refractivity contribution in [3.05, 3.63) is 12.2 Å². The number of carbonyl (C=O) groups excluding carboxylic acids is 1. The summed E-state index contributed by atoms with van der Waals surface area (Å²) in [6.45, 7) is 5.93. The summed E-state index contributed by atoms with van der Waals surface area (Å²) < 4.78 is 0. The molecule has 4 nitrogen and oxygen atoms in total. The van der Waals surface area contributed by atoms with E-state index in [4.69, 9.17) is 10.8 Å². The topological polar surface area (TPSA) is 80.4 Å². The number of carbonyl (C=O) groups is 2. The fourth-order valence-electron chi connectivity index (χ4n) is 2.18. The van der Waals surface area contributed by atoms with Crippen molar-refractivity contribution in [1.29, 1.82) is 0 Å². The van der Waals surface area contributed by atoms with Gasteiger partial charge in [0.15, 0.2) is 0 Å². The van der Waals surface area contributed by atoms with Crippen molar-refractivity contribution in [1.82, 2.24) is 0 Å². The summed E-state index contributed by atoms with van der Waals surface area (Å²) in [6, 6.07) is 0.333. The highest BCUT2D eigenvalue weighted by molar-refractivity contribution is 5.84. The molecule has 110 valence electrons. The highest BCUT2D eigenvalue weighted by atomic mass is 16.4. The van der Waals surface area contributed by atoms with Crippen LogP contribution in [0, 0.1) is 11.8 Å². The number of rotatable bonds is 5. The Kier molecular flexibility index (Phi) is 9.13. The van der Waals surface area contributed by atoms with E-state index in [1.807, 2.05) is 32.9 Å². The summed E-state index contributed by atoms with van der Waals surface area (Å²) in [5, 5.41) is 8.72. The lowest BCUT2D eigenvalue weighted by atomic mass is 9.89. The first-order valence-corrected chi connectivity index (χ1v) is 7.03. The molecule has 0 heterocycles. The zero-order chi connectivity index (χ0) is 14.8. The van der Waals surface area contributed by atoms with Gasteiger partial charge in [-0.05, 0) is 31.2 Å². The van der Waals surface area contributed by atoms with E-state index in [9.17, 15) is 9.59 Å². The van der Waals surface area contributed by atoms with Gasteiger partial charge < -0.3 is 10.8 Å². The third kappa shape index (κ3) is 8.54. The normalized spacial score (nSPS) is 22.7. The predicted molar refractivity (Wildman–Crippen MR) is 76.8 cm³/mol. The molecule has 0 saturated heterocycles. The van der Waals surface area contributed by atoms with Crippen LogP contribution in [0.1, 0.15) is 52.9 Å². The Morgan fingerprint density at radius 2 is 2.05 bits per heavy atom. The first kappa shape index (κ1) is 17.8. The number of nitrogens with two attached hydrogens (primary N) is 1. The van der Waals surface area contributed by atoms with Gasteiger partial charge in [-0.1, -0.05) is 32.9 Å². The zero-order valence-corrected chi connectivity index (χ0v) is 12.3. The van der Waals surface area contributed by atoms with Crippen molar-refractivity contribution in [2.24, 2.45) is 17.6 Å². The minimum Gasteiger partial charge on any atom is -0.481 e. The summed E-state index contributed by atoms with van der Waals surface area (Å²) in [4.78, 5) is 22.1. The van der Waals surface area contributed by atoms with E-state index in [1.54, 1.807) is 0 Å². The number of aliphatic carboxylic acids is 1.